The first-order valence-corrected chi connectivity index (χ1v) is 15.6. The second-order valence-electron chi connectivity index (χ2n) is 12.7. The first-order valence-electron chi connectivity index (χ1n) is 14.9. The largest absolute Gasteiger partial charge is 0.390 e. The van der Waals surface area contributed by atoms with Crippen LogP contribution in [0.2, 0.25) is 0 Å². The molecular formula is C30H40N4O3S. The summed E-state index contributed by atoms with van der Waals surface area (Å²) in [5.41, 5.74) is -0.752. The van der Waals surface area contributed by atoms with E-state index in [9.17, 15) is 14.7 Å². The van der Waals surface area contributed by atoms with Crippen LogP contribution < -0.4 is 4.90 Å². The zero-order valence-electron chi connectivity index (χ0n) is 22.4. The molecule has 3 heterocycles. The molecule has 5 aliphatic rings. The van der Waals surface area contributed by atoms with Crippen molar-refractivity contribution >= 4 is 39.3 Å². The zero-order valence-corrected chi connectivity index (χ0v) is 23.2. The zero-order chi connectivity index (χ0) is 26.0. The molecule has 7 nitrogen and oxygen atoms in total. The number of amides is 2. The van der Waals surface area contributed by atoms with Crippen molar-refractivity contribution < 1.29 is 14.7 Å². The van der Waals surface area contributed by atoms with Gasteiger partial charge in [-0.3, -0.25) is 19.4 Å². The quantitative estimate of drug-likeness (QED) is 0.563. The van der Waals surface area contributed by atoms with Crippen LogP contribution in [0.3, 0.4) is 0 Å². The molecule has 2 amide bonds. The fourth-order valence-electron chi connectivity index (χ4n) is 8.84. The van der Waals surface area contributed by atoms with E-state index in [1.807, 2.05) is 6.92 Å². The fraction of sp³-hybridized carbons (Fsp3) is 0.700. The predicted molar refractivity (Wildman–Crippen MR) is 149 cm³/mol. The number of hydrogen-bond donors (Lipinski definition) is 1. The Morgan fingerprint density at radius 1 is 1.00 bits per heavy atom. The lowest BCUT2D eigenvalue weighted by Gasteiger charge is -2.40. The second kappa shape index (κ2) is 9.56. The topological polar surface area (TPSA) is 77.0 Å². The van der Waals surface area contributed by atoms with Gasteiger partial charge < -0.3 is 10.0 Å². The van der Waals surface area contributed by atoms with Gasteiger partial charge in [-0.05, 0) is 73.5 Å². The number of aliphatic hydroxyl groups is 1. The number of benzene rings is 1. The number of carbonyl (C=O) groups excluding carboxylic acids is 2. The Kier molecular flexibility index (Phi) is 6.28. The van der Waals surface area contributed by atoms with Crippen LogP contribution in [0.5, 0.6) is 0 Å². The Morgan fingerprint density at radius 2 is 1.71 bits per heavy atom. The number of anilines is 1. The summed E-state index contributed by atoms with van der Waals surface area (Å²) >= 11 is 1.58. The Hall–Kier alpha value is -2.03. The van der Waals surface area contributed by atoms with Crippen molar-refractivity contribution in [3.8, 4) is 0 Å². The van der Waals surface area contributed by atoms with Gasteiger partial charge in [0.2, 0.25) is 11.8 Å². The average molecular weight is 537 g/mol. The minimum atomic E-state index is -0.752. The van der Waals surface area contributed by atoms with E-state index in [1.165, 1.54) is 29.3 Å². The number of hydrogen-bond acceptors (Lipinski definition) is 7. The van der Waals surface area contributed by atoms with Crippen molar-refractivity contribution in [3.05, 3.63) is 24.3 Å². The van der Waals surface area contributed by atoms with E-state index >= 15 is 0 Å². The van der Waals surface area contributed by atoms with Crippen molar-refractivity contribution in [2.75, 3.05) is 44.2 Å². The van der Waals surface area contributed by atoms with Crippen LogP contribution in [0.4, 0.5) is 5.82 Å². The first-order chi connectivity index (χ1) is 18.5. The Balaban J connectivity index is 0.991. The highest BCUT2D eigenvalue weighted by atomic mass is 32.1. The summed E-state index contributed by atoms with van der Waals surface area (Å²) in [6.45, 7) is 7.69. The summed E-state index contributed by atoms with van der Waals surface area (Å²) in [5, 5.41) is 12.4. The average Bonchev–Trinajstić information content (AvgIpc) is 3.68. The summed E-state index contributed by atoms with van der Waals surface area (Å²) in [4.78, 5) is 33.7. The van der Waals surface area contributed by atoms with Gasteiger partial charge in [-0.25, -0.2) is 0 Å². The molecule has 1 aromatic carbocycles. The van der Waals surface area contributed by atoms with Crippen molar-refractivity contribution in [1.29, 1.82) is 0 Å². The Bertz CT molecular complexity index is 1230. The molecule has 0 spiro atoms. The SMILES string of the molecule is CC[C@]1(O)C[C@@H]2C[C@H]1[C@H]1C(=O)N(C[C@@H]3CCCC[C@H]3CN3CCN(c4nsc5ccccc45)CC3)C(=O)[C@@H]21. The first kappa shape index (κ1) is 25.0. The third kappa shape index (κ3) is 3.93. The maximum absolute atomic E-state index is 13.6. The monoisotopic (exact) mass is 536 g/mol. The lowest BCUT2D eigenvalue weighted by molar-refractivity contribution is -0.142. The molecule has 7 rings (SSSR count). The van der Waals surface area contributed by atoms with Crippen molar-refractivity contribution in [2.24, 2.45) is 35.5 Å². The summed E-state index contributed by atoms with van der Waals surface area (Å²) in [5.74, 6) is 1.84. The van der Waals surface area contributed by atoms with Gasteiger partial charge in [-0.2, -0.15) is 4.37 Å². The highest BCUT2D eigenvalue weighted by Crippen LogP contribution is 2.61. The molecule has 1 N–H and O–H groups in total. The highest BCUT2D eigenvalue weighted by molar-refractivity contribution is 7.13. The Labute approximate surface area is 229 Å². The van der Waals surface area contributed by atoms with E-state index < -0.39 is 5.60 Å². The maximum atomic E-state index is 13.6. The van der Waals surface area contributed by atoms with E-state index in [4.69, 9.17) is 4.37 Å². The number of fused-ring (bicyclic) bond motifs is 6. The highest BCUT2D eigenvalue weighted by Gasteiger charge is 2.67. The van der Waals surface area contributed by atoms with Gasteiger partial charge in [0.15, 0.2) is 0 Å². The van der Waals surface area contributed by atoms with E-state index in [-0.39, 0.29) is 35.5 Å². The number of imide groups is 1. The number of likely N-dealkylation sites (tertiary alicyclic amines) is 1. The molecular weight excluding hydrogens is 496 g/mol. The van der Waals surface area contributed by atoms with Crippen molar-refractivity contribution in [3.63, 3.8) is 0 Å². The fourth-order valence-corrected chi connectivity index (χ4v) is 9.64. The van der Waals surface area contributed by atoms with Gasteiger partial charge in [0.05, 0.1) is 22.1 Å². The summed E-state index contributed by atoms with van der Waals surface area (Å²) < 4.78 is 6.01. The third-order valence-electron chi connectivity index (χ3n) is 10.9. The van der Waals surface area contributed by atoms with E-state index in [1.54, 1.807) is 16.4 Å². The number of carbonyl (C=O) groups is 2. The molecule has 2 saturated heterocycles. The minimum Gasteiger partial charge on any atom is -0.390 e. The van der Waals surface area contributed by atoms with Crippen LogP contribution in [0.25, 0.3) is 10.1 Å². The van der Waals surface area contributed by atoms with Gasteiger partial charge in [0, 0.05) is 50.6 Å². The molecule has 0 radical (unpaired) electrons. The molecule has 3 aliphatic carbocycles. The lowest BCUT2D eigenvalue weighted by atomic mass is 9.71. The molecule has 2 aromatic rings. The van der Waals surface area contributed by atoms with Crippen LogP contribution in [0.1, 0.15) is 51.9 Å². The van der Waals surface area contributed by atoms with Gasteiger partial charge in [0.25, 0.3) is 0 Å². The normalized spacial score (nSPS) is 37.5. The maximum Gasteiger partial charge on any atom is 0.233 e. The molecule has 0 unspecified atom stereocenters. The number of piperazine rings is 1. The van der Waals surface area contributed by atoms with Crippen LogP contribution in [0, 0.1) is 35.5 Å². The Morgan fingerprint density at radius 3 is 2.47 bits per heavy atom. The van der Waals surface area contributed by atoms with Crippen LogP contribution in [-0.4, -0.2) is 76.0 Å². The van der Waals surface area contributed by atoms with Crippen LogP contribution in [0.15, 0.2) is 24.3 Å². The van der Waals surface area contributed by atoms with Gasteiger partial charge in [-0.1, -0.05) is 31.9 Å². The molecule has 8 heteroatoms. The molecule has 1 aromatic heterocycles. The summed E-state index contributed by atoms with van der Waals surface area (Å²) in [6, 6.07) is 8.50. The summed E-state index contributed by atoms with van der Waals surface area (Å²) in [6.07, 6.45) is 6.94. The molecule has 3 saturated carbocycles. The van der Waals surface area contributed by atoms with E-state index in [2.05, 4.69) is 34.1 Å². The van der Waals surface area contributed by atoms with Gasteiger partial charge >= 0.3 is 0 Å². The number of nitrogens with zero attached hydrogens (tertiary/aromatic N) is 4. The van der Waals surface area contributed by atoms with Crippen LogP contribution >= 0.6 is 11.5 Å². The van der Waals surface area contributed by atoms with Gasteiger partial charge in [-0.15, -0.1) is 0 Å². The standard InChI is InChI=1S/C30H40N4O3S/c1-2-30(37)16-21-15-23(30)26-25(21)28(35)34(29(26)36)18-20-8-4-3-7-19(20)17-32-11-13-33(14-12-32)27-22-9-5-6-10-24(22)38-31-27/h5-6,9-10,19-21,23,25-26,37H,2-4,7-8,11-18H2,1H3/t19-,20-,21-,23-,25-,26+,30-/m0/s1. The molecule has 204 valence electrons. The molecule has 2 aliphatic heterocycles. The molecule has 38 heavy (non-hydrogen) atoms. The van der Waals surface area contributed by atoms with Crippen molar-refractivity contribution in [1.82, 2.24) is 14.2 Å². The van der Waals surface area contributed by atoms with E-state index in [0.29, 0.717) is 31.2 Å². The predicted octanol–water partition coefficient (Wildman–Crippen LogP) is 4.01. The molecule has 2 bridgehead atoms. The van der Waals surface area contributed by atoms with E-state index in [0.717, 1.165) is 51.4 Å². The van der Waals surface area contributed by atoms with Crippen LogP contribution in [-0.2, 0) is 9.59 Å². The minimum absolute atomic E-state index is 0.0208. The lowest BCUT2D eigenvalue weighted by Crippen LogP contribution is -2.49. The summed E-state index contributed by atoms with van der Waals surface area (Å²) in [7, 11) is 0. The molecule has 7 atom stereocenters. The number of aromatic nitrogens is 1. The third-order valence-corrected chi connectivity index (χ3v) is 11.7. The van der Waals surface area contributed by atoms with Gasteiger partial charge in [0.1, 0.15) is 5.82 Å². The second-order valence-corrected chi connectivity index (χ2v) is 13.5. The van der Waals surface area contributed by atoms with Crippen molar-refractivity contribution in [2.45, 2.75) is 57.5 Å². The smallest absolute Gasteiger partial charge is 0.233 e. The molecule has 5 fully saturated rings. The number of rotatable bonds is 6.